The zero-order valence-corrected chi connectivity index (χ0v) is 19.6. The number of nitrogens with zero attached hydrogens (tertiary/aromatic N) is 2. The Kier molecular flexibility index (Phi) is 5.78. The quantitative estimate of drug-likeness (QED) is 0.517. The van der Waals surface area contributed by atoms with Crippen LogP contribution in [0.15, 0.2) is 48.6 Å². The van der Waals surface area contributed by atoms with Gasteiger partial charge in [0.05, 0.1) is 28.8 Å². The van der Waals surface area contributed by atoms with E-state index >= 15 is 0 Å². The maximum Gasteiger partial charge on any atom is 0.313 e. The van der Waals surface area contributed by atoms with Crippen molar-refractivity contribution in [1.82, 2.24) is 4.90 Å². The molecule has 8 nitrogen and oxygen atoms in total. The fraction of sp³-hybridized carbons (Fsp3) is 0.480. The van der Waals surface area contributed by atoms with Crippen molar-refractivity contribution < 1.29 is 29.0 Å². The van der Waals surface area contributed by atoms with Crippen LogP contribution in [0.1, 0.15) is 19.8 Å². The van der Waals surface area contributed by atoms with E-state index in [0.717, 1.165) is 0 Å². The molecule has 2 fully saturated rings. The lowest BCUT2D eigenvalue weighted by atomic mass is 9.74. The van der Waals surface area contributed by atoms with Gasteiger partial charge < -0.3 is 24.4 Å². The molecule has 4 aliphatic heterocycles. The third kappa shape index (κ3) is 3.31. The number of hydrogen-bond acceptors (Lipinski definition) is 6. The predicted molar refractivity (Wildman–Crippen MR) is 124 cm³/mol. The minimum atomic E-state index is -1.35. The maximum atomic E-state index is 14.1. The van der Waals surface area contributed by atoms with Gasteiger partial charge in [-0.25, -0.2) is 0 Å². The molecule has 4 aliphatic rings. The van der Waals surface area contributed by atoms with E-state index in [2.05, 4.69) is 0 Å². The molecule has 0 aliphatic carbocycles. The number of rotatable bonds is 4. The first-order valence-corrected chi connectivity index (χ1v) is 11.9. The summed E-state index contributed by atoms with van der Waals surface area (Å²) in [5, 5.41) is 9.87. The van der Waals surface area contributed by atoms with Crippen molar-refractivity contribution in [3.05, 3.63) is 53.6 Å². The predicted octanol–water partition coefficient (Wildman–Crippen LogP) is 2.10. The summed E-state index contributed by atoms with van der Waals surface area (Å²) in [7, 11) is 0. The van der Waals surface area contributed by atoms with Crippen LogP contribution >= 0.6 is 11.6 Å². The molecule has 5 rings (SSSR count). The summed E-state index contributed by atoms with van der Waals surface area (Å²) in [6.07, 6.45) is 8.12. The fourth-order valence-corrected chi connectivity index (χ4v) is 6.09. The first kappa shape index (κ1) is 23.1. The number of likely N-dealkylation sites (tertiary alicyclic amines) is 1. The Morgan fingerprint density at radius 1 is 1.12 bits per heavy atom. The molecule has 2 amide bonds. The second-order valence-corrected chi connectivity index (χ2v) is 9.67. The lowest BCUT2D eigenvalue weighted by Crippen LogP contribution is -2.56. The van der Waals surface area contributed by atoms with Gasteiger partial charge in [0.2, 0.25) is 5.91 Å². The van der Waals surface area contributed by atoms with Crippen molar-refractivity contribution in [1.29, 1.82) is 0 Å². The number of cyclic esters (lactones) is 1. The topological polar surface area (TPSA) is 96.4 Å². The van der Waals surface area contributed by atoms with E-state index in [1.54, 1.807) is 48.2 Å². The molecule has 1 aromatic rings. The molecule has 1 unspecified atom stereocenters. The van der Waals surface area contributed by atoms with E-state index in [9.17, 15) is 19.5 Å². The minimum absolute atomic E-state index is 0.140. The lowest BCUT2D eigenvalue weighted by molar-refractivity contribution is -0.159. The monoisotopic (exact) mass is 486 g/mol. The van der Waals surface area contributed by atoms with Gasteiger partial charge in [-0.1, -0.05) is 48.0 Å². The molecular weight excluding hydrogens is 460 g/mol. The molecule has 1 spiro atoms. The van der Waals surface area contributed by atoms with Gasteiger partial charge in [-0.3, -0.25) is 14.4 Å². The standard InChI is InChI=1S/C25H27ClN2O6/c1-24-10-4-5-15-33-23(32)19(24)18-21(30)28(13-7-14-29)20-22(31)27(12-6-11-25(18,20)34-24)17-9-3-2-8-16(17)26/h2-4,6,8-11,18-20,29H,5,7,12-15H2,1H3/t18-,19+,20?,24-,25-/m0/s1. The number of benzene rings is 1. The number of fused-ring (bicyclic) bond motifs is 2. The zero-order valence-electron chi connectivity index (χ0n) is 18.9. The van der Waals surface area contributed by atoms with Gasteiger partial charge in [0, 0.05) is 19.7 Å². The third-order valence-corrected chi connectivity index (χ3v) is 7.54. The van der Waals surface area contributed by atoms with Crippen molar-refractivity contribution in [2.45, 2.75) is 37.0 Å². The fourth-order valence-electron chi connectivity index (χ4n) is 5.86. The SMILES string of the molecule is C[C@]12C=CCCOC(=O)[C@H]1[C@H]1C(=O)N(CCCO)C3C(=O)N(c4ccccc4Cl)CC=C[C@@]31O2. The van der Waals surface area contributed by atoms with Gasteiger partial charge in [-0.05, 0) is 31.9 Å². The van der Waals surface area contributed by atoms with Crippen LogP contribution in [-0.4, -0.2) is 71.3 Å². The molecular formula is C25H27ClN2O6. The molecule has 5 atom stereocenters. The van der Waals surface area contributed by atoms with Crippen LogP contribution in [-0.2, 0) is 23.9 Å². The number of amides is 2. The Hall–Kier alpha value is -2.68. The largest absolute Gasteiger partial charge is 0.465 e. The van der Waals surface area contributed by atoms with Gasteiger partial charge in [-0.2, -0.15) is 0 Å². The van der Waals surface area contributed by atoms with Gasteiger partial charge in [-0.15, -0.1) is 0 Å². The van der Waals surface area contributed by atoms with E-state index < -0.39 is 35.0 Å². The molecule has 2 saturated heterocycles. The first-order valence-electron chi connectivity index (χ1n) is 11.5. The molecule has 4 heterocycles. The number of carbonyl (C=O) groups excluding carboxylic acids is 3. The molecule has 0 bridgehead atoms. The van der Waals surface area contributed by atoms with Crippen LogP contribution in [0.2, 0.25) is 5.02 Å². The number of ether oxygens (including phenoxy) is 2. The highest BCUT2D eigenvalue weighted by atomic mass is 35.5. The summed E-state index contributed by atoms with van der Waals surface area (Å²) in [4.78, 5) is 44.1. The summed E-state index contributed by atoms with van der Waals surface area (Å²) in [6.45, 7) is 2.25. The van der Waals surface area contributed by atoms with Crippen molar-refractivity contribution >= 4 is 35.1 Å². The number of aliphatic hydroxyl groups is 1. The van der Waals surface area contributed by atoms with Crippen LogP contribution < -0.4 is 4.90 Å². The van der Waals surface area contributed by atoms with Crippen molar-refractivity contribution in [3.8, 4) is 0 Å². The summed E-state index contributed by atoms with van der Waals surface area (Å²) >= 11 is 6.42. The number of para-hydroxylation sites is 1. The highest BCUT2D eigenvalue weighted by Gasteiger charge is 2.74. The van der Waals surface area contributed by atoms with E-state index in [-0.39, 0.29) is 38.1 Å². The average molecular weight is 487 g/mol. The average Bonchev–Trinajstić information content (AvgIpc) is 3.12. The highest BCUT2D eigenvalue weighted by Crippen LogP contribution is 2.57. The van der Waals surface area contributed by atoms with Crippen molar-refractivity contribution in [2.24, 2.45) is 11.8 Å². The summed E-state index contributed by atoms with van der Waals surface area (Å²) in [5.74, 6) is -3.03. The Labute approximate surface area is 202 Å². The summed E-state index contributed by atoms with van der Waals surface area (Å²) in [6, 6.07) is 6.02. The molecule has 1 aromatic carbocycles. The summed E-state index contributed by atoms with van der Waals surface area (Å²) < 4.78 is 12.1. The second-order valence-electron chi connectivity index (χ2n) is 9.27. The van der Waals surface area contributed by atoms with Crippen LogP contribution in [0.3, 0.4) is 0 Å². The molecule has 34 heavy (non-hydrogen) atoms. The normalized spacial score (nSPS) is 34.8. The number of hydrogen-bond donors (Lipinski definition) is 1. The van der Waals surface area contributed by atoms with Gasteiger partial charge in [0.25, 0.3) is 5.91 Å². The van der Waals surface area contributed by atoms with Crippen LogP contribution in [0.4, 0.5) is 5.69 Å². The Balaban J connectivity index is 1.65. The molecule has 9 heteroatoms. The zero-order chi connectivity index (χ0) is 24.1. The highest BCUT2D eigenvalue weighted by molar-refractivity contribution is 6.34. The van der Waals surface area contributed by atoms with Crippen LogP contribution in [0.25, 0.3) is 0 Å². The van der Waals surface area contributed by atoms with Gasteiger partial charge >= 0.3 is 5.97 Å². The Morgan fingerprint density at radius 2 is 1.91 bits per heavy atom. The molecule has 0 aromatic heterocycles. The molecule has 0 saturated carbocycles. The number of aliphatic hydroxyl groups excluding tert-OH is 1. The molecule has 0 radical (unpaired) electrons. The maximum absolute atomic E-state index is 14.1. The Bertz CT molecular complexity index is 1090. The number of carbonyl (C=O) groups is 3. The molecule has 1 N–H and O–H groups in total. The number of esters is 1. The van der Waals surface area contributed by atoms with E-state index in [0.29, 0.717) is 23.6 Å². The third-order valence-electron chi connectivity index (χ3n) is 7.22. The van der Waals surface area contributed by atoms with E-state index in [4.69, 9.17) is 21.1 Å². The van der Waals surface area contributed by atoms with Gasteiger partial charge in [0.15, 0.2) is 0 Å². The van der Waals surface area contributed by atoms with Crippen LogP contribution in [0, 0.1) is 11.8 Å². The van der Waals surface area contributed by atoms with E-state index in [1.165, 1.54) is 4.90 Å². The smallest absolute Gasteiger partial charge is 0.313 e. The van der Waals surface area contributed by atoms with Crippen molar-refractivity contribution in [2.75, 3.05) is 31.2 Å². The van der Waals surface area contributed by atoms with E-state index in [1.807, 2.05) is 12.2 Å². The lowest BCUT2D eigenvalue weighted by Gasteiger charge is -2.37. The van der Waals surface area contributed by atoms with Crippen LogP contribution in [0.5, 0.6) is 0 Å². The number of halogens is 1. The second kappa shape index (κ2) is 8.52. The summed E-state index contributed by atoms with van der Waals surface area (Å²) in [5.41, 5.74) is -1.93. The molecule has 180 valence electrons. The van der Waals surface area contributed by atoms with Gasteiger partial charge in [0.1, 0.15) is 17.6 Å². The van der Waals surface area contributed by atoms with Crippen molar-refractivity contribution in [3.63, 3.8) is 0 Å². The Morgan fingerprint density at radius 3 is 2.68 bits per heavy atom. The number of anilines is 1. The first-order chi connectivity index (χ1) is 16.3. The minimum Gasteiger partial charge on any atom is -0.465 e.